The van der Waals surface area contributed by atoms with E-state index in [-0.39, 0.29) is 5.56 Å². The molecule has 0 N–H and O–H groups in total. The Morgan fingerprint density at radius 2 is 1.58 bits per heavy atom. The fraction of sp³-hybridized carbons (Fsp3) is 0. The van der Waals surface area contributed by atoms with Crippen LogP contribution in [0.4, 0.5) is 0 Å². The van der Waals surface area contributed by atoms with E-state index in [4.69, 9.17) is 0 Å². The minimum atomic E-state index is -0.0279. The second kappa shape index (κ2) is 4.90. The summed E-state index contributed by atoms with van der Waals surface area (Å²) in [6.07, 6.45) is 5.16. The molecule has 0 aliphatic carbocycles. The maximum Gasteiger partial charge on any atom is 0.262 e. The van der Waals surface area contributed by atoms with Crippen LogP contribution in [0.3, 0.4) is 0 Å². The van der Waals surface area contributed by atoms with Gasteiger partial charge in [0.1, 0.15) is 0 Å². The minimum Gasteiger partial charge on any atom is -0.284 e. The SMILES string of the molecule is O=c1c(-c2ccncc2)cccn1-c1ccccc1. The fourth-order valence-corrected chi connectivity index (χ4v) is 2.04. The molecule has 92 valence electrons. The number of pyridine rings is 2. The number of para-hydroxylation sites is 1. The summed E-state index contributed by atoms with van der Waals surface area (Å²) in [4.78, 5) is 16.5. The monoisotopic (exact) mass is 248 g/mol. The average molecular weight is 248 g/mol. The molecule has 0 radical (unpaired) electrons. The Hall–Kier alpha value is -2.68. The van der Waals surface area contributed by atoms with Gasteiger partial charge in [0.05, 0.1) is 0 Å². The molecular weight excluding hydrogens is 236 g/mol. The van der Waals surface area contributed by atoms with Crippen molar-refractivity contribution < 1.29 is 0 Å². The lowest BCUT2D eigenvalue weighted by atomic mass is 10.1. The van der Waals surface area contributed by atoms with Gasteiger partial charge in [-0.15, -0.1) is 0 Å². The van der Waals surface area contributed by atoms with Crippen LogP contribution < -0.4 is 5.56 Å². The van der Waals surface area contributed by atoms with Crippen LogP contribution in [-0.2, 0) is 0 Å². The van der Waals surface area contributed by atoms with Gasteiger partial charge in [-0.25, -0.2) is 0 Å². The molecule has 3 aromatic rings. The van der Waals surface area contributed by atoms with Crippen molar-refractivity contribution in [3.05, 3.63) is 83.5 Å². The van der Waals surface area contributed by atoms with Gasteiger partial charge in [-0.1, -0.05) is 18.2 Å². The minimum absolute atomic E-state index is 0.0279. The first kappa shape index (κ1) is 11.4. The van der Waals surface area contributed by atoms with Gasteiger partial charge in [0.15, 0.2) is 0 Å². The zero-order valence-electron chi connectivity index (χ0n) is 10.2. The Labute approximate surface area is 110 Å². The summed E-state index contributed by atoms with van der Waals surface area (Å²) in [5.41, 5.74) is 2.39. The predicted octanol–water partition coefficient (Wildman–Crippen LogP) is 2.90. The Bertz CT molecular complexity index is 673. The number of nitrogens with zero attached hydrogens (tertiary/aromatic N) is 2. The molecule has 0 atom stereocenters. The summed E-state index contributed by atoms with van der Waals surface area (Å²) in [5, 5.41) is 0. The van der Waals surface area contributed by atoms with Crippen molar-refractivity contribution in [1.82, 2.24) is 9.55 Å². The molecule has 0 amide bonds. The number of hydrogen-bond acceptors (Lipinski definition) is 2. The molecule has 0 aliphatic rings. The molecule has 2 heterocycles. The predicted molar refractivity (Wildman–Crippen MR) is 75.3 cm³/mol. The van der Waals surface area contributed by atoms with E-state index in [1.54, 1.807) is 23.2 Å². The third-order valence-corrected chi connectivity index (χ3v) is 2.97. The number of rotatable bonds is 2. The molecule has 0 fully saturated rings. The molecule has 0 bridgehead atoms. The largest absolute Gasteiger partial charge is 0.284 e. The lowest BCUT2D eigenvalue weighted by Gasteiger charge is -2.07. The summed E-state index contributed by atoms with van der Waals surface area (Å²) in [6.45, 7) is 0. The zero-order chi connectivity index (χ0) is 13.1. The molecule has 0 saturated heterocycles. The first-order chi connectivity index (χ1) is 9.36. The molecular formula is C16H12N2O. The molecule has 3 rings (SSSR count). The van der Waals surface area contributed by atoms with Crippen molar-refractivity contribution in [2.24, 2.45) is 0 Å². The van der Waals surface area contributed by atoms with E-state index in [1.807, 2.05) is 54.6 Å². The van der Waals surface area contributed by atoms with Gasteiger partial charge in [-0.3, -0.25) is 14.3 Å². The highest BCUT2D eigenvalue weighted by molar-refractivity contribution is 5.62. The van der Waals surface area contributed by atoms with Crippen molar-refractivity contribution in [3.63, 3.8) is 0 Å². The third-order valence-electron chi connectivity index (χ3n) is 2.97. The van der Waals surface area contributed by atoms with E-state index >= 15 is 0 Å². The van der Waals surface area contributed by atoms with Gasteiger partial charge in [0.25, 0.3) is 5.56 Å². The van der Waals surface area contributed by atoms with Gasteiger partial charge < -0.3 is 0 Å². The molecule has 3 nitrogen and oxygen atoms in total. The van der Waals surface area contributed by atoms with Crippen LogP contribution in [0.15, 0.2) is 78.0 Å². The normalized spacial score (nSPS) is 10.3. The van der Waals surface area contributed by atoms with Crippen molar-refractivity contribution in [2.75, 3.05) is 0 Å². The average Bonchev–Trinajstić information content (AvgIpc) is 2.49. The molecule has 2 aromatic heterocycles. The Morgan fingerprint density at radius 1 is 0.842 bits per heavy atom. The molecule has 0 aliphatic heterocycles. The summed E-state index contributed by atoms with van der Waals surface area (Å²) >= 11 is 0. The highest BCUT2D eigenvalue weighted by Gasteiger charge is 2.06. The third kappa shape index (κ3) is 2.18. The summed E-state index contributed by atoms with van der Waals surface area (Å²) in [6, 6.07) is 17.0. The van der Waals surface area contributed by atoms with Crippen LogP contribution in [0.5, 0.6) is 0 Å². The molecule has 3 heteroatoms. The van der Waals surface area contributed by atoms with Crippen molar-refractivity contribution in [1.29, 1.82) is 0 Å². The van der Waals surface area contributed by atoms with Crippen molar-refractivity contribution in [2.45, 2.75) is 0 Å². The van der Waals surface area contributed by atoms with Gasteiger partial charge >= 0.3 is 0 Å². The molecule has 0 saturated carbocycles. The van der Waals surface area contributed by atoms with Gasteiger partial charge in [-0.2, -0.15) is 0 Å². The second-order valence-electron chi connectivity index (χ2n) is 4.17. The number of hydrogen-bond donors (Lipinski definition) is 0. The molecule has 0 unspecified atom stereocenters. The second-order valence-corrected chi connectivity index (χ2v) is 4.17. The van der Waals surface area contributed by atoms with E-state index in [2.05, 4.69) is 4.98 Å². The maximum absolute atomic E-state index is 12.5. The highest BCUT2D eigenvalue weighted by Crippen LogP contribution is 2.14. The number of aromatic nitrogens is 2. The van der Waals surface area contributed by atoms with Crippen molar-refractivity contribution in [3.8, 4) is 16.8 Å². The standard InChI is InChI=1S/C16H12N2O/c19-16-15(13-8-10-17-11-9-13)7-4-12-18(16)14-5-2-1-3-6-14/h1-12H. The van der Waals surface area contributed by atoms with Crippen LogP contribution in [0.25, 0.3) is 16.8 Å². The van der Waals surface area contributed by atoms with Gasteiger partial charge in [0, 0.05) is 29.8 Å². The van der Waals surface area contributed by atoms with Crippen LogP contribution in [0, 0.1) is 0 Å². The van der Waals surface area contributed by atoms with Crippen LogP contribution in [0.1, 0.15) is 0 Å². The summed E-state index contributed by atoms with van der Waals surface area (Å²) in [7, 11) is 0. The maximum atomic E-state index is 12.5. The molecule has 1 aromatic carbocycles. The van der Waals surface area contributed by atoms with E-state index in [0.717, 1.165) is 11.3 Å². The van der Waals surface area contributed by atoms with E-state index in [9.17, 15) is 4.79 Å². The summed E-state index contributed by atoms with van der Waals surface area (Å²) < 4.78 is 1.65. The topological polar surface area (TPSA) is 34.9 Å². The van der Waals surface area contributed by atoms with E-state index in [0.29, 0.717) is 5.56 Å². The lowest BCUT2D eigenvalue weighted by molar-refractivity contribution is 0.993. The first-order valence-electron chi connectivity index (χ1n) is 6.04. The Morgan fingerprint density at radius 3 is 2.32 bits per heavy atom. The van der Waals surface area contributed by atoms with Crippen LogP contribution in [-0.4, -0.2) is 9.55 Å². The summed E-state index contributed by atoms with van der Waals surface area (Å²) in [5.74, 6) is 0. The number of benzene rings is 1. The highest BCUT2D eigenvalue weighted by atomic mass is 16.1. The van der Waals surface area contributed by atoms with E-state index < -0.39 is 0 Å². The van der Waals surface area contributed by atoms with Crippen LogP contribution in [0.2, 0.25) is 0 Å². The fourth-order valence-electron chi connectivity index (χ4n) is 2.04. The molecule has 19 heavy (non-hydrogen) atoms. The van der Waals surface area contributed by atoms with Gasteiger partial charge in [-0.05, 0) is 42.0 Å². The Kier molecular flexibility index (Phi) is 2.94. The van der Waals surface area contributed by atoms with Crippen molar-refractivity contribution >= 4 is 0 Å². The smallest absolute Gasteiger partial charge is 0.262 e. The molecule has 0 spiro atoms. The first-order valence-corrected chi connectivity index (χ1v) is 6.04. The van der Waals surface area contributed by atoms with E-state index in [1.165, 1.54) is 0 Å². The quantitative estimate of drug-likeness (QED) is 0.699. The van der Waals surface area contributed by atoms with Crippen LogP contribution >= 0.6 is 0 Å². The Balaban J connectivity index is 2.18. The van der Waals surface area contributed by atoms with Gasteiger partial charge in [0.2, 0.25) is 0 Å². The lowest BCUT2D eigenvalue weighted by Crippen LogP contribution is -2.18. The zero-order valence-corrected chi connectivity index (χ0v) is 10.2.